The lowest BCUT2D eigenvalue weighted by Crippen LogP contribution is -2.48. The van der Waals surface area contributed by atoms with Gasteiger partial charge in [0.1, 0.15) is 5.54 Å². The predicted octanol–water partition coefficient (Wildman–Crippen LogP) is 0.293. The molecule has 5 heteroatoms. The standard InChI is InChI=1S/C13H27N3O2/c1-13(14,12(17)18-4)7-9-15(2)10-11-6-5-8-16(11)3/h11H,5-10,14H2,1-4H3. The van der Waals surface area contributed by atoms with Crippen molar-refractivity contribution in [3.05, 3.63) is 0 Å². The summed E-state index contributed by atoms with van der Waals surface area (Å²) < 4.78 is 4.71. The first-order valence-corrected chi connectivity index (χ1v) is 6.63. The van der Waals surface area contributed by atoms with Gasteiger partial charge in [0, 0.05) is 19.1 Å². The number of rotatable bonds is 6. The molecule has 1 heterocycles. The number of methoxy groups -OCH3 is 1. The molecule has 0 bridgehead atoms. The summed E-state index contributed by atoms with van der Waals surface area (Å²) in [6.45, 7) is 4.77. The summed E-state index contributed by atoms with van der Waals surface area (Å²) in [5, 5.41) is 0. The first kappa shape index (κ1) is 15.4. The Bertz CT molecular complexity index is 281. The van der Waals surface area contributed by atoms with Gasteiger partial charge in [-0.1, -0.05) is 0 Å². The number of carbonyl (C=O) groups is 1. The fourth-order valence-corrected chi connectivity index (χ4v) is 2.42. The topological polar surface area (TPSA) is 58.8 Å². The maximum absolute atomic E-state index is 11.5. The Kier molecular flexibility index (Phi) is 5.56. The van der Waals surface area contributed by atoms with Crippen molar-refractivity contribution < 1.29 is 9.53 Å². The number of esters is 1. The van der Waals surface area contributed by atoms with Crippen molar-refractivity contribution in [3.63, 3.8) is 0 Å². The third-order valence-electron chi connectivity index (χ3n) is 3.86. The molecule has 2 atom stereocenters. The summed E-state index contributed by atoms with van der Waals surface area (Å²) in [5.74, 6) is -0.339. The van der Waals surface area contributed by atoms with E-state index in [9.17, 15) is 4.79 Å². The molecule has 0 radical (unpaired) electrons. The highest BCUT2D eigenvalue weighted by Gasteiger charge is 2.30. The molecular weight excluding hydrogens is 230 g/mol. The number of hydrogen-bond donors (Lipinski definition) is 1. The number of nitrogens with two attached hydrogens (primary N) is 1. The lowest BCUT2D eigenvalue weighted by Gasteiger charge is -2.28. The molecule has 1 fully saturated rings. The van der Waals surface area contributed by atoms with E-state index in [4.69, 9.17) is 10.5 Å². The van der Waals surface area contributed by atoms with Gasteiger partial charge in [-0.2, -0.15) is 0 Å². The van der Waals surface area contributed by atoms with Crippen molar-refractivity contribution in [2.75, 3.05) is 40.8 Å². The van der Waals surface area contributed by atoms with E-state index in [1.54, 1.807) is 6.92 Å². The van der Waals surface area contributed by atoms with Crippen molar-refractivity contribution in [2.24, 2.45) is 5.73 Å². The van der Waals surface area contributed by atoms with Crippen LogP contribution in [0.3, 0.4) is 0 Å². The number of ether oxygens (including phenoxy) is 1. The highest BCUT2D eigenvalue weighted by atomic mass is 16.5. The smallest absolute Gasteiger partial charge is 0.325 e. The van der Waals surface area contributed by atoms with Gasteiger partial charge in [-0.15, -0.1) is 0 Å². The van der Waals surface area contributed by atoms with Crippen molar-refractivity contribution >= 4 is 5.97 Å². The van der Waals surface area contributed by atoms with E-state index >= 15 is 0 Å². The van der Waals surface area contributed by atoms with Crippen LogP contribution in [0.25, 0.3) is 0 Å². The van der Waals surface area contributed by atoms with E-state index < -0.39 is 5.54 Å². The van der Waals surface area contributed by atoms with Crippen LogP contribution in [0.15, 0.2) is 0 Å². The zero-order valence-corrected chi connectivity index (χ0v) is 12.1. The predicted molar refractivity (Wildman–Crippen MR) is 72.4 cm³/mol. The molecule has 0 saturated carbocycles. The fourth-order valence-electron chi connectivity index (χ4n) is 2.42. The van der Waals surface area contributed by atoms with Crippen LogP contribution in [0.1, 0.15) is 26.2 Å². The van der Waals surface area contributed by atoms with Crippen LogP contribution >= 0.6 is 0 Å². The van der Waals surface area contributed by atoms with Crippen molar-refractivity contribution in [3.8, 4) is 0 Å². The summed E-state index contributed by atoms with van der Waals surface area (Å²) in [6, 6.07) is 0.636. The van der Waals surface area contributed by atoms with E-state index in [0.717, 1.165) is 13.1 Å². The van der Waals surface area contributed by atoms with Crippen molar-refractivity contribution in [1.82, 2.24) is 9.80 Å². The highest BCUT2D eigenvalue weighted by molar-refractivity contribution is 5.79. The van der Waals surface area contributed by atoms with E-state index in [2.05, 4.69) is 23.9 Å². The Morgan fingerprint density at radius 2 is 2.28 bits per heavy atom. The quantitative estimate of drug-likeness (QED) is 0.693. The van der Waals surface area contributed by atoms with Crippen LogP contribution in [-0.2, 0) is 9.53 Å². The normalized spacial score (nSPS) is 24.2. The number of likely N-dealkylation sites (tertiary alicyclic amines) is 1. The van der Waals surface area contributed by atoms with Gasteiger partial charge in [0.05, 0.1) is 7.11 Å². The van der Waals surface area contributed by atoms with Gasteiger partial charge in [-0.25, -0.2) is 0 Å². The monoisotopic (exact) mass is 257 g/mol. The Morgan fingerprint density at radius 1 is 1.61 bits per heavy atom. The molecule has 1 aliphatic rings. The molecule has 0 aliphatic carbocycles. The first-order chi connectivity index (χ1) is 8.36. The first-order valence-electron chi connectivity index (χ1n) is 6.63. The zero-order chi connectivity index (χ0) is 13.8. The number of likely N-dealkylation sites (N-methyl/N-ethyl adjacent to an activating group) is 2. The maximum Gasteiger partial charge on any atom is 0.325 e. The average Bonchev–Trinajstić information content (AvgIpc) is 2.71. The number of nitrogens with zero attached hydrogens (tertiary/aromatic N) is 2. The second-order valence-corrected chi connectivity index (χ2v) is 5.70. The lowest BCUT2D eigenvalue weighted by molar-refractivity contribution is -0.146. The van der Waals surface area contributed by atoms with Crippen molar-refractivity contribution in [1.29, 1.82) is 0 Å². The van der Waals surface area contributed by atoms with E-state index in [1.165, 1.54) is 26.5 Å². The van der Waals surface area contributed by atoms with Gasteiger partial charge in [0.2, 0.25) is 0 Å². The Hall–Kier alpha value is -0.650. The molecule has 106 valence electrons. The number of carbonyl (C=O) groups excluding carboxylic acids is 1. The molecule has 1 rings (SSSR count). The summed E-state index contributed by atoms with van der Waals surface area (Å²) in [6.07, 6.45) is 3.16. The molecule has 2 unspecified atom stereocenters. The molecule has 2 N–H and O–H groups in total. The summed E-state index contributed by atoms with van der Waals surface area (Å²) >= 11 is 0. The molecule has 0 aromatic heterocycles. The molecule has 5 nitrogen and oxygen atoms in total. The lowest BCUT2D eigenvalue weighted by atomic mass is 9.99. The molecule has 18 heavy (non-hydrogen) atoms. The highest BCUT2D eigenvalue weighted by Crippen LogP contribution is 2.16. The molecule has 0 amide bonds. The van der Waals surface area contributed by atoms with Crippen LogP contribution in [0.5, 0.6) is 0 Å². The Morgan fingerprint density at radius 3 is 2.78 bits per heavy atom. The average molecular weight is 257 g/mol. The van der Waals surface area contributed by atoms with Gasteiger partial charge >= 0.3 is 5.97 Å². The number of hydrogen-bond acceptors (Lipinski definition) is 5. The van der Waals surface area contributed by atoms with Crippen LogP contribution in [0.4, 0.5) is 0 Å². The Balaban J connectivity index is 2.32. The van der Waals surface area contributed by atoms with Crippen LogP contribution in [0.2, 0.25) is 0 Å². The molecule has 0 aromatic rings. The van der Waals surface area contributed by atoms with Crippen LogP contribution in [-0.4, -0.2) is 68.2 Å². The molecule has 1 saturated heterocycles. The SMILES string of the molecule is COC(=O)C(C)(N)CCN(C)CC1CCCN1C. The second-order valence-electron chi connectivity index (χ2n) is 5.70. The molecule has 0 aromatic carbocycles. The van der Waals surface area contributed by atoms with Gasteiger partial charge < -0.3 is 20.3 Å². The minimum atomic E-state index is -0.884. The maximum atomic E-state index is 11.5. The molecule has 0 spiro atoms. The van der Waals surface area contributed by atoms with Crippen LogP contribution < -0.4 is 5.73 Å². The fraction of sp³-hybridized carbons (Fsp3) is 0.923. The third-order valence-corrected chi connectivity index (χ3v) is 3.86. The zero-order valence-electron chi connectivity index (χ0n) is 12.1. The minimum absolute atomic E-state index is 0.339. The van der Waals surface area contributed by atoms with Gasteiger partial charge in [-0.05, 0) is 46.8 Å². The van der Waals surface area contributed by atoms with Gasteiger partial charge in [0.15, 0.2) is 0 Å². The minimum Gasteiger partial charge on any atom is -0.468 e. The summed E-state index contributed by atoms with van der Waals surface area (Å²) in [4.78, 5) is 16.1. The van der Waals surface area contributed by atoms with E-state index in [1.807, 2.05) is 0 Å². The van der Waals surface area contributed by atoms with Gasteiger partial charge in [-0.3, -0.25) is 4.79 Å². The van der Waals surface area contributed by atoms with E-state index in [0.29, 0.717) is 12.5 Å². The van der Waals surface area contributed by atoms with E-state index in [-0.39, 0.29) is 5.97 Å². The largest absolute Gasteiger partial charge is 0.468 e. The van der Waals surface area contributed by atoms with Crippen LogP contribution in [0, 0.1) is 0 Å². The Labute approximate surface area is 110 Å². The summed E-state index contributed by atoms with van der Waals surface area (Å²) in [7, 11) is 5.64. The second kappa shape index (κ2) is 6.50. The van der Waals surface area contributed by atoms with Crippen molar-refractivity contribution in [2.45, 2.75) is 37.8 Å². The summed E-state index contributed by atoms with van der Waals surface area (Å²) in [5.41, 5.74) is 5.06. The van der Waals surface area contributed by atoms with Gasteiger partial charge in [0.25, 0.3) is 0 Å². The third kappa shape index (κ3) is 4.23. The molecular formula is C13H27N3O2. The molecule has 1 aliphatic heterocycles.